The maximum absolute atomic E-state index is 10.1. The molecule has 0 radical (unpaired) electrons. The summed E-state index contributed by atoms with van der Waals surface area (Å²) in [5.74, 6) is 0. The first-order valence-corrected chi connectivity index (χ1v) is 5.06. The van der Waals surface area contributed by atoms with E-state index in [4.69, 9.17) is 0 Å². The lowest BCUT2D eigenvalue weighted by molar-refractivity contribution is -0.0278. The van der Waals surface area contributed by atoms with Crippen molar-refractivity contribution in [2.24, 2.45) is 0 Å². The zero-order valence-electron chi connectivity index (χ0n) is 10.0. The molecule has 0 bridgehead atoms. The minimum atomic E-state index is -0.735. The van der Waals surface area contributed by atoms with Crippen LogP contribution in [0.4, 0.5) is 0 Å². The van der Waals surface area contributed by atoms with E-state index in [1.807, 2.05) is 13.8 Å². The highest BCUT2D eigenvalue weighted by atomic mass is 16.3. The van der Waals surface area contributed by atoms with Gasteiger partial charge in [-0.25, -0.2) is 0 Å². The Kier molecular flexibility index (Phi) is 2.53. The molecule has 0 saturated heterocycles. The van der Waals surface area contributed by atoms with Gasteiger partial charge in [0, 0.05) is 11.4 Å². The first-order valence-electron chi connectivity index (χ1n) is 5.06. The molecule has 14 heavy (non-hydrogen) atoms. The summed E-state index contributed by atoms with van der Waals surface area (Å²) < 4.78 is 2.19. The lowest BCUT2D eigenvalue weighted by Gasteiger charge is -2.40. The molecule has 0 aliphatic carbocycles. The van der Waals surface area contributed by atoms with Crippen molar-refractivity contribution in [1.29, 1.82) is 0 Å². The fourth-order valence-electron chi connectivity index (χ4n) is 1.82. The highest BCUT2D eigenvalue weighted by Crippen LogP contribution is 2.32. The second kappa shape index (κ2) is 3.13. The van der Waals surface area contributed by atoms with Crippen LogP contribution in [0.2, 0.25) is 0 Å². The molecule has 2 nitrogen and oxygen atoms in total. The normalized spacial score (nSPS) is 13.4. The van der Waals surface area contributed by atoms with Gasteiger partial charge in [0.15, 0.2) is 0 Å². The van der Waals surface area contributed by atoms with Gasteiger partial charge in [-0.05, 0) is 53.7 Å². The molecule has 2 heteroatoms. The van der Waals surface area contributed by atoms with Crippen LogP contribution in [0.1, 0.15) is 39.1 Å². The number of aryl methyl sites for hydroxylation is 2. The number of nitrogens with zero attached hydrogens (tertiary/aromatic N) is 1. The fourth-order valence-corrected chi connectivity index (χ4v) is 1.82. The summed E-state index contributed by atoms with van der Waals surface area (Å²) in [5.41, 5.74) is 1.36. The fraction of sp³-hybridized carbons (Fsp3) is 0.667. The molecule has 0 unspecified atom stereocenters. The Morgan fingerprint density at radius 3 is 1.64 bits per heavy atom. The Morgan fingerprint density at radius 2 is 1.36 bits per heavy atom. The molecular formula is C12H21NO. The van der Waals surface area contributed by atoms with E-state index in [0.717, 1.165) is 0 Å². The van der Waals surface area contributed by atoms with Gasteiger partial charge in [0.05, 0.1) is 11.1 Å². The van der Waals surface area contributed by atoms with Crippen LogP contribution >= 0.6 is 0 Å². The molecule has 80 valence electrons. The monoisotopic (exact) mass is 195 g/mol. The van der Waals surface area contributed by atoms with Crippen LogP contribution in [0.25, 0.3) is 0 Å². The van der Waals surface area contributed by atoms with Gasteiger partial charge in [-0.2, -0.15) is 0 Å². The first kappa shape index (κ1) is 11.3. The maximum Gasteiger partial charge on any atom is 0.0820 e. The maximum atomic E-state index is 10.1. The van der Waals surface area contributed by atoms with Gasteiger partial charge >= 0.3 is 0 Å². The van der Waals surface area contributed by atoms with Gasteiger partial charge in [0.25, 0.3) is 0 Å². The van der Waals surface area contributed by atoms with Crippen molar-refractivity contribution < 1.29 is 5.11 Å². The van der Waals surface area contributed by atoms with Crippen LogP contribution < -0.4 is 0 Å². The predicted octanol–water partition coefficient (Wildman–Crippen LogP) is 2.61. The number of aromatic nitrogens is 1. The molecular weight excluding hydrogens is 174 g/mol. The topological polar surface area (TPSA) is 25.2 Å². The van der Waals surface area contributed by atoms with Gasteiger partial charge in [-0.3, -0.25) is 0 Å². The number of rotatable bonds is 2. The molecule has 1 aromatic heterocycles. The smallest absolute Gasteiger partial charge is 0.0820 e. The summed E-state index contributed by atoms with van der Waals surface area (Å²) in [6.07, 6.45) is 0. The van der Waals surface area contributed by atoms with Gasteiger partial charge in [-0.1, -0.05) is 0 Å². The number of hydrogen-bond donors (Lipinski definition) is 1. The van der Waals surface area contributed by atoms with E-state index in [1.165, 1.54) is 11.4 Å². The molecule has 0 aromatic carbocycles. The van der Waals surface area contributed by atoms with Crippen LogP contribution in [0.5, 0.6) is 0 Å². The molecule has 1 rings (SSSR count). The summed E-state index contributed by atoms with van der Waals surface area (Å²) in [6.45, 7) is 12.0. The third kappa shape index (κ3) is 1.59. The minimum absolute atomic E-state index is 0.287. The van der Waals surface area contributed by atoms with E-state index >= 15 is 0 Å². The zero-order valence-corrected chi connectivity index (χ0v) is 10.0. The summed E-state index contributed by atoms with van der Waals surface area (Å²) >= 11 is 0. The molecule has 0 aliphatic rings. The molecule has 0 amide bonds. The van der Waals surface area contributed by atoms with Crippen molar-refractivity contribution in [1.82, 2.24) is 4.57 Å². The van der Waals surface area contributed by atoms with E-state index in [9.17, 15) is 5.11 Å². The average molecular weight is 195 g/mol. The van der Waals surface area contributed by atoms with E-state index < -0.39 is 5.60 Å². The van der Waals surface area contributed by atoms with Crippen LogP contribution in [0, 0.1) is 13.8 Å². The molecule has 0 saturated carbocycles. The van der Waals surface area contributed by atoms with Gasteiger partial charge in [0.2, 0.25) is 0 Å². The molecule has 1 N–H and O–H groups in total. The van der Waals surface area contributed by atoms with Crippen molar-refractivity contribution >= 4 is 0 Å². The number of hydrogen-bond acceptors (Lipinski definition) is 1. The first-order chi connectivity index (χ1) is 6.18. The van der Waals surface area contributed by atoms with Crippen LogP contribution in [-0.2, 0) is 5.54 Å². The molecule has 1 heterocycles. The highest BCUT2D eigenvalue weighted by molar-refractivity contribution is 5.18. The quantitative estimate of drug-likeness (QED) is 0.771. The Bertz CT molecular complexity index is 309. The Hall–Kier alpha value is -0.760. The Labute approximate surface area is 86.6 Å². The second-order valence-corrected chi connectivity index (χ2v) is 5.07. The van der Waals surface area contributed by atoms with Crippen LogP contribution in [0.3, 0.4) is 0 Å². The lowest BCUT2D eigenvalue weighted by Crippen LogP contribution is -2.48. The van der Waals surface area contributed by atoms with E-state index in [-0.39, 0.29) is 5.54 Å². The summed E-state index contributed by atoms with van der Waals surface area (Å²) in [4.78, 5) is 0. The Morgan fingerprint density at radius 1 is 1.00 bits per heavy atom. The predicted molar refractivity (Wildman–Crippen MR) is 59.5 cm³/mol. The molecule has 0 atom stereocenters. The molecule has 0 aliphatic heterocycles. The van der Waals surface area contributed by atoms with Crippen LogP contribution in [0.15, 0.2) is 12.1 Å². The second-order valence-electron chi connectivity index (χ2n) is 5.07. The minimum Gasteiger partial charge on any atom is -0.388 e. The number of aliphatic hydroxyl groups is 1. The van der Waals surface area contributed by atoms with Gasteiger partial charge < -0.3 is 9.67 Å². The van der Waals surface area contributed by atoms with Crippen molar-refractivity contribution in [3.05, 3.63) is 23.5 Å². The van der Waals surface area contributed by atoms with Crippen molar-refractivity contribution in [3.63, 3.8) is 0 Å². The van der Waals surface area contributed by atoms with Crippen molar-refractivity contribution in [3.8, 4) is 0 Å². The molecule has 0 fully saturated rings. The molecule has 1 aromatic rings. The standard InChI is InChI=1S/C12H21NO/c1-9-7-8-10(2)13(9)11(3,4)12(5,6)14/h7-8,14H,1-6H3. The highest BCUT2D eigenvalue weighted by Gasteiger charge is 2.37. The summed E-state index contributed by atoms with van der Waals surface area (Å²) in [5, 5.41) is 10.1. The van der Waals surface area contributed by atoms with E-state index in [0.29, 0.717) is 0 Å². The van der Waals surface area contributed by atoms with Crippen molar-refractivity contribution in [2.75, 3.05) is 0 Å². The average Bonchev–Trinajstić information content (AvgIpc) is 2.28. The third-order valence-corrected chi connectivity index (χ3v) is 3.33. The van der Waals surface area contributed by atoms with Crippen molar-refractivity contribution in [2.45, 2.75) is 52.7 Å². The van der Waals surface area contributed by atoms with Gasteiger partial charge in [0.1, 0.15) is 0 Å². The third-order valence-electron chi connectivity index (χ3n) is 3.33. The van der Waals surface area contributed by atoms with Crippen LogP contribution in [-0.4, -0.2) is 15.3 Å². The summed E-state index contributed by atoms with van der Waals surface area (Å²) in [7, 11) is 0. The SMILES string of the molecule is Cc1ccc(C)n1C(C)(C)C(C)(C)O. The van der Waals surface area contributed by atoms with E-state index in [1.54, 1.807) is 0 Å². The van der Waals surface area contributed by atoms with Gasteiger partial charge in [-0.15, -0.1) is 0 Å². The lowest BCUT2D eigenvalue weighted by atomic mass is 9.85. The molecule has 0 spiro atoms. The summed E-state index contributed by atoms with van der Waals surface area (Å²) in [6, 6.07) is 4.17. The Balaban J connectivity index is 3.29. The largest absolute Gasteiger partial charge is 0.388 e. The zero-order chi connectivity index (χ0) is 11.1. The van der Waals surface area contributed by atoms with E-state index in [2.05, 4.69) is 44.4 Å².